The molecule has 0 saturated carbocycles. The molecule has 0 amide bonds. The van der Waals surface area contributed by atoms with Crippen LogP contribution in [-0.4, -0.2) is 0 Å². The van der Waals surface area contributed by atoms with Gasteiger partial charge in [0.15, 0.2) is 12.4 Å². The van der Waals surface area contributed by atoms with E-state index in [1.54, 1.807) is 0 Å². The van der Waals surface area contributed by atoms with Crippen LogP contribution in [0.3, 0.4) is 0 Å². The molecule has 3 aromatic rings. The molecule has 0 aliphatic carbocycles. The Morgan fingerprint density at radius 2 is 1.88 bits per heavy atom. The van der Waals surface area contributed by atoms with Gasteiger partial charge >= 0.3 is 0 Å². The van der Waals surface area contributed by atoms with Crippen LogP contribution < -0.4 is 4.40 Å². The number of aryl methyl sites for hydroxylation is 1. The third-order valence-corrected chi connectivity index (χ3v) is 4.33. The summed E-state index contributed by atoms with van der Waals surface area (Å²) < 4.78 is 3.29. The molecule has 2 aromatic heterocycles. The summed E-state index contributed by atoms with van der Waals surface area (Å²) in [4.78, 5) is 2.58. The van der Waals surface area contributed by atoms with Crippen molar-refractivity contribution >= 4 is 32.1 Å². The van der Waals surface area contributed by atoms with Crippen molar-refractivity contribution in [2.45, 2.75) is 6.92 Å². The number of nitrogens with zero attached hydrogens (tertiary/aromatic N) is 1. The maximum Gasteiger partial charge on any atom is 0.267 e. The summed E-state index contributed by atoms with van der Waals surface area (Å²) >= 11 is 5.28. The van der Waals surface area contributed by atoms with Gasteiger partial charge < -0.3 is 0 Å². The smallest absolute Gasteiger partial charge is 0.157 e. The van der Waals surface area contributed by atoms with Crippen LogP contribution in [0.4, 0.5) is 0 Å². The molecule has 0 fully saturated rings. The Kier molecular flexibility index (Phi) is 2.73. The summed E-state index contributed by atoms with van der Waals surface area (Å²) in [5.41, 5.74) is 2.56. The first-order chi connectivity index (χ1) is 8.22. The van der Waals surface area contributed by atoms with E-state index in [1.165, 1.54) is 20.8 Å². The van der Waals surface area contributed by atoms with E-state index in [0.717, 1.165) is 4.47 Å². The third-order valence-electron chi connectivity index (χ3n) is 2.70. The van der Waals surface area contributed by atoms with Gasteiger partial charge in [0.1, 0.15) is 4.88 Å². The van der Waals surface area contributed by atoms with Crippen molar-refractivity contribution in [2.24, 2.45) is 0 Å². The highest BCUT2D eigenvalue weighted by Crippen LogP contribution is 2.27. The molecule has 0 bridgehead atoms. The number of hydrogen-bond donors (Lipinski definition) is 0. The molecule has 0 atom stereocenters. The van der Waals surface area contributed by atoms with E-state index in [0.29, 0.717) is 0 Å². The zero-order valence-corrected chi connectivity index (χ0v) is 11.8. The van der Waals surface area contributed by atoms with Gasteiger partial charge in [-0.3, -0.25) is 0 Å². The summed E-state index contributed by atoms with van der Waals surface area (Å²) in [6.45, 7) is 2.12. The second-order valence-electron chi connectivity index (χ2n) is 4.05. The summed E-state index contributed by atoms with van der Waals surface area (Å²) in [5.74, 6) is 0. The predicted octanol–water partition coefficient (Wildman–Crippen LogP) is 4.22. The summed E-state index contributed by atoms with van der Waals surface area (Å²) in [7, 11) is 0. The molecule has 3 heteroatoms. The van der Waals surface area contributed by atoms with E-state index in [9.17, 15) is 0 Å². The maximum atomic E-state index is 3.46. The standard InChI is InChI=1S/C14H11BrNS/c1-10-6-7-16-9-13(17-14(16)8-10)11-2-4-12(15)5-3-11/h2-9H,1H3/q+1. The molecule has 2 heterocycles. The van der Waals surface area contributed by atoms with Gasteiger partial charge in [-0.15, -0.1) is 0 Å². The molecule has 0 radical (unpaired) electrons. The van der Waals surface area contributed by atoms with Gasteiger partial charge in [-0.05, 0) is 30.2 Å². The Labute approximate surface area is 112 Å². The lowest BCUT2D eigenvalue weighted by molar-refractivity contribution is -0.506. The Morgan fingerprint density at radius 3 is 2.65 bits per heavy atom. The summed E-state index contributed by atoms with van der Waals surface area (Å²) in [5, 5.41) is 0. The lowest BCUT2D eigenvalue weighted by Crippen LogP contribution is -2.15. The van der Waals surface area contributed by atoms with Crippen LogP contribution in [0.2, 0.25) is 0 Å². The van der Waals surface area contributed by atoms with Gasteiger partial charge in [-0.2, -0.15) is 4.40 Å². The average molecular weight is 305 g/mol. The van der Waals surface area contributed by atoms with Crippen LogP contribution in [0.25, 0.3) is 15.3 Å². The van der Waals surface area contributed by atoms with Gasteiger partial charge in [0.25, 0.3) is 4.83 Å². The minimum atomic E-state index is 1.12. The van der Waals surface area contributed by atoms with Crippen molar-refractivity contribution in [3.05, 3.63) is 58.8 Å². The van der Waals surface area contributed by atoms with Crippen molar-refractivity contribution in [3.8, 4) is 10.4 Å². The first-order valence-electron chi connectivity index (χ1n) is 5.40. The zero-order valence-electron chi connectivity index (χ0n) is 9.35. The molecular weight excluding hydrogens is 294 g/mol. The van der Waals surface area contributed by atoms with Crippen LogP contribution in [-0.2, 0) is 0 Å². The molecule has 17 heavy (non-hydrogen) atoms. The second-order valence-corrected chi connectivity index (χ2v) is 6.03. The normalized spacial score (nSPS) is 10.9. The Balaban J connectivity index is 2.14. The molecule has 0 N–H and O–H groups in total. The first-order valence-corrected chi connectivity index (χ1v) is 7.01. The molecule has 0 spiro atoms. The lowest BCUT2D eigenvalue weighted by Gasteiger charge is -1.93. The molecular formula is C14H11BrNS+. The summed E-state index contributed by atoms with van der Waals surface area (Å²) in [6, 6.07) is 12.8. The number of rotatable bonds is 1. The Bertz CT molecular complexity index is 670. The van der Waals surface area contributed by atoms with Crippen LogP contribution in [0, 0.1) is 6.92 Å². The van der Waals surface area contributed by atoms with Crippen LogP contribution in [0.5, 0.6) is 0 Å². The highest BCUT2D eigenvalue weighted by molar-refractivity contribution is 9.10. The first kappa shape index (κ1) is 10.9. The van der Waals surface area contributed by atoms with E-state index < -0.39 is 0 Å². The number of hydrogen-bond acceptors (Lipinski definition) is 1. The molecule has 1 aromatic carbocycles. The van der Waals surface area contributed by atoms with Gasteiger partial charge in [-0.25, -0.2) is 0 Å². The SMILES string of the molecule is Cc1cc[n+]2cc(-c3ccc(Br)cc3)sc2c1. The third kappa shape index (κ3) is 2.13. The number of fused-ring (bicyclic) bond motifs is 1. The van der Waals surface area contributed by atoms with Crippen LogP contribution in [0.15, 0.2) is 53.3 Å². The predicted molar refractivity (Wildman–Crippen MR) is 75.4 cm³/mol. The van der Waals surface area contributed by atoms with Gasteiger partial charge in [0.05, 0.1) is 0 Å². The largest absolute Gasteiger partial charge is 0.267 e. The van der Waals surface area contributed by atoms with E-state index >= 15 is 0 Å². The fourth-order valence-electron chi connectivity index (χ4n) is 1.79. The van der Waals surface area contributed by atoms with Crippen molar-refractivity contribution in [1.82, 2.24) is 0 Å². The molecule has 0 aliphatic rings. The quantitative estimate of drug-likeness (QED) is 0.593. The Hall–Kier alpha value is -1.19. The molecule has 3 rings (SSSR count). The molecule has 0 aliphatic heterocycles. The van der Waals surface area contributed by atoms with E-state index in [1.807, 2.05) is 11.3 Å². The number of aromatic nitrogens is 1. The second kappa shape index (κ2) is 4.24. The molecule has 0 unspecified atom stereocenters. The highest BCUT2D eigenvalue weighted by atomic mass is 79.9. The van der Waals surface area contributed by atoms with E-state index in [2.05, 4.69) is 76.0 Å². The minimum Gasteiger partial charge on any atom is -0.157 e. The minimum absolute atomic E-state index is 1.12. The maximum absolute atomic E-state index is 3.46. The number of halogens is 1. The van der Waals surface area contributed by atoms with Gasteiger partial charge in [-0.1, -0.05) is 39.4 Å². The number of benzene rings is 1. The molecule has 0 saturated heterocycles. The van der Waals surface area contributed by atoms with Crippen LogP contribution >= 0.6 is 27.3 Å². The van der Waals surface area contributed by atoms with Gasteiger partial charge in [0.2, 0.25) is 0 Å². The highest BCUT2D eigenvalue weighted by Gasteiger charge is 2.11. The number of thiazole rings is 1. The molecule has 84 valence electrons. The molecule has 1 nitrogen and oxygen atoms in total. The number of pyridine rings is 1. The average Bonchev–Trinajstić information content (AvgIpc) is 2.72. The van der Waals surface area contributed by atoms with Crippen molar-refractivity contribution in [1.29, 1.82) is 0 Å². The lowest BCUT2D eigenvalue weighted by atomic mass is 10.2. The van der Waals surface area contributed by atoms with Crippen molar-refractivity contribution in [2.75, 3.05) is 0 Å². The monoisotopic (exact) mass is 304 g/mol. The van der Waals surface area contributed by atoms with Crippen molar-refractivity contribution in [3.63, 3.8) is 0 Å². The zero-order chi connectivity index (χ0) is 11.8. The van der Waals surface area contributed by atoms with E-state index in [4.69, 9.17) is 0 Å². The fourth-order valence-corrected chi connectivity index (χ4v) is 3.16. The van der Waals surface area contributed by atoms with Gasteiger partial charge in [0, 0.05) is 16.6 Å². The Morgan fingerprint density at radius 1 is 1.12 bits per heavy atom. The fraction of sp³-hybridized carbons (Fsp3) is 0.0714. The van der Waals surface area contributed by atoms with Crippen LogP contribution in [0.1, 0.15) is 5.56 Å². The summed E-state index contributed by atoms with van der Waals surface area (Å²) in [6.07, 6.45) is 4.30. The topological polar surface area (TPSA) is 4.10 Å². The van der Waals surface area contributed by atoms with E-state index in [-0.39, 0.29) is 0 Å². The van der Waals surface area contributed by atoms with Crippen molar-refractivity contribution < 1.29 is 4.40 Å².